The number of nitrogens with zero attached hydrogens (tertiary/aromatic N) is 1. The second-order valence-electron chi connectivity index (χ2n) is 5.40. The number of methoxy groups -OCH3 is 1. The van der Waals surface area contributed by atoms with Gasteiger partial charge in [0.25, 0.3) is 0 Å². The SMILES string of the molecule is COc1cc(NC2(CN)CCCC(C)C2)ccn1. The molecule has 0 aliphatic heterocycles. The largest absolute Gasteiger partial charge is 0.481 e. The molecule has 0 saturated heterocycles. The van der Waals surface area contributed by atoms with E-state index >= 15 is 0 Å². The molecule has 2 rings (SSSR count). The molecule has 1 aliphatic rings. The van der Waals surface area contributed by atoms with Gasteiger partial charge in [-0.2, -0.15) is 0 Å². The number of ether oxygens (including phenoxy) is 1. The minimum atomic E-state index is 0.0318. The number of anilines is 1. The van der Waals surface area contributed by atoms with Crippen molar-refractivity contribution in [2.45, 2.75) is 38.1 Å². The smallest absolute Gasteiger partial charge is 0.214 e. The lowest BCUT2D eigenvalue weighted by atomic mass is 9.76. The van der Waals surface area contributed by atoms with E-state index in [2.05, 4.69) is 17.2 Å². The summed E-state index contributed by atoms with van der Waals surface area (Å²) < 4.78 is 5.15. The van der Waals surface area contributed by atoms with Crippen molar-refractivity contribution in [3.8, 4) is 5.88 Å². The van der Waals surface area contributed by atoms with Gasteiger partial charge in [-0.05, 0) is 24.8 Å². The molecule has 0 amide bonds. The summed E-state index contributed by atoms with van der Waals surface area (Å²) in [6.45, 7) is 2.97. The number of nitrogens with two attached hydrogens (primary N) is 1. The number of nitrogens with one attached hydrogen (secondary N) is 1. The van der Waals surface area contributed by atoms with Gasteiger partial charge in [0.1, 0.15) is 0 Å². The van der Waals surface area contributed by atoms with Crippen molar-refractivity contribution in [3.05, 3.63) is 18.3 Å². The molecule has 0 aromatic carbocycles. The molecular formula is C14H23N3O. The fourth-order valence-corrected chi connectivity index (χ4v) is 2.92. The summed E-state index contributed by atoms with van der Waals surface area (Å²) in [4.78, 5) is 4.12. The Labute approximate surface area is 109 Å². The van der Waals surface area contributed by atoms with E-state index in [9.17, 15) is 0 Å². The second kappa shape index (κ2) is 5.57. The fourth-order valence-electron chi connectivity index (χ4n) is 2.92. The van der Waals surface area contributed by atoms with E-state index in [-0.39, 0.29) is 5.54 Å². The van der Waals surface area contributed by atoms with Gasteiger partial charge in [0.2, 0.25) is 5.88 Å². The standard InChI is InChI=1S/C14H23N3O/c1-11-4-3-6-14(9-11,10-15)17-12-5-7-16-13(8-12)18-2/h5,7-8,11H,3-4,6,9-10,15H2,1-2H3,(H,16,17). The molecule has 1 aromatic rings. The normalized spacial score (nSPS) is 27.8. The molecule has 1 aromatic heterocycles. The summed E-state index contributed by atoms with van der Waals surface area (Å²) in [5.74, 6) is 1.37. The number of rotatable bonds is 4. The highest BCUT2D eigenvalue weighted by atomic mass is 16.5. The summed E-state index contributed by atoms with van der Waals surface area (Å²) >= 11 is 0. The number of pyridine rings is 1. The lowest BCUT2D eigenvalue weighted by molar-refractivity contribution is 0.264. The van der Waals surface area contributed by atoms with E-state index in [1.165, 1.54) is 12.8 Å². The summed E-state index contributed by atoms with van der Waals surface area (Å²) in [5, 5.41) is 3.60. The minimum Gasteiger partial charge on any atom is -0.481 e. The first-order chi connectivity index (χ1) is 8.67. The molecule has 1 saturated carbocycles. The van der Waals surface area contributed by atoms with Crippen LogP contribution in [0.15, 0.2) is 18.3 Å². The van der Waals surface area contributed by atoms with Gasteiger partial charge in [0.15, 0.2) is 0 Å². The van der Waals surface area contributed by atoms with Crippen molar-refractivity contribution >= 4 is 5.69 Å². The Kier molecular flexibility index (Phi) is 4.07. The van der Waals surface area contributed by atoms with Crippen molar-refractivity contribution < 1.29 is 4.74 Å². The average molecular weight is 249 g/mol. The molecule has 2 unspecified atom stereocenters. The zero-order chi connectivity index (χ0) is 13.0. The maximum Gasteiger partial charge on any atom is 0.214 e. The zero-order valence-electron chi connectivity index (χ0n) is 11.3. The molecule has 0 spiro atoms. The van der Waals surface area contributed by atoms with Crippen LogP contribution in [0, 0.1) is 5.92 Å². The fraction of sp³-hybridized carbons (Fsp3) is 0.643. The van der Waals surface area contributed by atoms with Gasteiger partial charge in [-0.1, -0.05) is 19.8 Å². The summed E-state index contributed by atoms with van der Waals surface area (Å²) in [6.07, 6.45) is 6.58. The average Bonchev–Trinajstić information content (AvgIpc) is 2.39. The van der Waals surface area contributed by atoms with Crippen molar-refractivity contribution in [2.24, 2.45) is 11.7 Å². The van der Waals surface area contributed by atoms with E-state index in [1.807, 2.05) is 12.1 Å². The first-order valence-corrected chi connectivity index (χ1v) is 6.66. The molecule has 1 aliphatic carbocycles. The predicted octanol–water partition coefficient (Wildman–Crippen LogP) is 2.41. The molecule has 1 fully saturated rings. The van der Waals surface area contributed by atoms with Crippen molar-refractivity contribution in [3.63, 3.8) is 0 Å². The highest BCUT2D eigenvalue weighted by Gasteiger charge is 2.33. The van der Waals surface area contributed by atoms with E-state index in [0.717, 1.165) is 24.4 Å². The Hall–Kier alpha value is -1.29. The van der Waals surface area contributed by atoms with Gasteiger partial charge in [-0.15, -0.1) is 0 Å². The number of hydrogen-bond donors (Lipinski definition) is 2. The van der Waals surface area contributed by atoms with Crippen LogP contribution in [0.25, 0.3) is 0 Å². The molecule has 18 heavy (non-hydrogen) atoms. The summed E-state index contributed by atoms with van der Waals surface area (Å²) in [5.41, 5.74) is 7.08. The lowest BCUT2D eigenvalue weighted by Gasteiger charge is -2.40. The molecule has 1 heterocycles. The van der Waals surface area contributed by atoms with Crippen LogP contribution in [-0.2, 0) is 0 Å². The van der Waals surface area contributed by atoms with Crippen LogP contribution in [0.5, 0.6) is 5.88 Å². The third kappa shape index (κ3) is 2.93. The molecule has 100 valence electrons. The van der Waals surface area contributed by atoms with Crippen LogP contribution in [0.3, 0.4) is 0 Å². The van der Waals surface area contributed by atoms with Gasteiger partial charge >= 0.3 is 0 Å². The highest BCUT2D eigenvalue weighted by Crippen LogP contribution is 2.34. The van der Waals surface area contributed by atoms with Gasteiger partial charge in [0.05, 0.1) is 7.11 Å². The van der Waals surface area contributed by atoms with Gasteiger partial charge in [-0.3, -0.25) is 0 Å². The van der Waals surface area contributed by atoms with Crippen LogP contribution in [-0.4, -0.2) is 24.2 Å². The number of aromatic nitrogens is 1. The van der Waals surface area contributed by atoms with Gasteiger partial charge < -0.3 is 15.8 Å². The Morgan fingerprint density at radius 1 is 1.61 bits per heavy atom. The molecule has 3 N–H and O–H groups in total. The van der Waals surface area contributed by atoms with E-state index in [4.69, 9.17) is 10.5 Å². The third-order valence-electron chi connectivity index (χ3n) is 3.84. The van der Waals surface area contributed by atoms with Crippen LogP contribution < -0.4 is 15.8 Å². The van der Waals surface area contributed by atoms with E-state index < -0.39 is 0 Å². The topological polar surface area (TPSA) is 60.2 Å². The predicted molar refractivity (Wildman–Crippen MR) is 73.8 cm³/mol. The Bertz CT molecular complexity index is 396. The maximum atomic E-state index is 6.01. The molecule has 0 bridgehead atoms. The monoisotopic (exact) mass is 249 g/mol. The molecule has 2 atom stereocenters. The Balaban J connectivity index is 2.13. The quantitative estimate of drug-likeness (QED) is 0.860. The van der Waals surface area contributed by atoms with Crippen molar-refractivity contribution in [1.29, 1.82) is 0 Å². The van der Waals surface area contributed by atoms with Gasteiger partial charge in [-0.25, -0.2) is 4.98 Å². The lowest BCUT2D eigenvalue weighted by Crippen LogP contribution is -2.48. The Morgan fingerprint density at radius 3 is 3.11 bits per heavy atom. The molecule has 4 heteroatoms. The molecule has 0 radical (unpaired) electrons. The highest BCUT2D eigenvalue weighted by molar-refractivity contribution is 5.47. The van der Waals surface area contributed by atoms with Crippen LogP contribution in [0.4, 0.5) is 5.69 Å². The molecular weight excluding hydrogens is 226 g/mol. The van der Waals surface area contributed by atoms with Crippen LogP contribution in [0.2, 0.25) is 0 Å². The maximum absolute atomic E-state index is 6.01. The van der Waals surface area contributed by atoms with Crippen molar-refractivity contribution in [1.82, 2.24) is 4.98 Å². The summed E-state index contributed by atoms with van der Waals surface area (Å²) in [6, 6.07) is 3.90. The summed E-state index contributed by atoms with van der Waals surface area (Å²) in [7, 11) is 1.63. The molecule has 4 nitrogen and oxygen atoms in total. The Morgan fingerprint density at radius 2 is 2.44 bits per heavy atom. The van der Waals surface area contributed by atoms with Crippen LogP contribution >= 0.6 is 0 Å². The van der Waals surface area contributed by atoms with E-state index in [0.29, 0.717) is 12.4 Å². The minimum absolute atomic E-state index is 0.0318. The third-order valence-corrected chi connectivity index (χ3v) is 3.84. The first kappa shape index (κ1) is 13.1. The second-order valence-corrected chi connectivity index (χ2v) is 5.40. The van der Waals surface area contributed by atoms with Crippen molar-refractivity contribution in [2.75, 3.05) is 19.0 Å². The first-order valence-electron chi connectivity index (χ1n) is 6.66. The van der Waals surface area contributed by atoms with Crippen LogP contribution in [0.1, 0.15) is 32.6 Å². The zero-order valence-corrected chi connectivity index (χ0v) is 11.3. The van der Waals surface area contributed by atoms with Gasteiger partial charge in [0, 0.05) is 30.0 Å². The van der Waals surface area contributed by atoms with E-state index in [1.54, 1.807) is 13.3 Å². The number of hydrogen-bond acceptors (Lipinski definition) is 4.